The Kier molecular flexibility index (Phi) is 5.01. The van der Waals surface area contributed by atoms with E-state index in [-0.39, 0.29) is 0 Å². The summed E-state index contributed by atoms with van der Waals surface area (Å²) < 4.78 is 0.570. The largest absolute Gasteiger partial charge is 0.390 e. The summed E-state index contributed by atoms with van der Waals surface area (Å²) in [6.45, 7) is 0. The summed E-state index contributed by atoms with van der Waals surface area (Å²) >= 11 is 6.43. The van der Waals surface area contributed by atoms with Gasteiger partial charge in [0, 0.05) is 17.1 Å². The number of halogens is 2. The van der Waals surface area contributed by atoms with Crippen molar-refractivity contribution in [2.75, 3.05) is 5.33 Å². The van der Waals surface area contributed by atoms with E-state index in [9.17, 15) is 10.2 Å². The van der Waals surface area contributed by atoms with Crippen molar-refractivity contribution in [3.05, 3.63) is 28.5 Å². The second-order valence-corrected chi connectivity index (χ2v) is 4.42. The van der Waals surface area contributed by atoms with Gasteiger partial charge in [0.1, 0.15) is 10.7 Å². The lowest BCUT2D eigenvalue weighted by atomic mass is 10.1. The summed E-state index contributed by atoms with van der Waals surface area (Å²) in [5.74, 6) is 0. The summed E-state index contributed by atoms with van der Waals surface area (Å²) in [6.07, 6.45) is 0.463. The molecule has 0 aliphatic heterocycles. The number of nitrogens with zero attached hydrogens (tertiary/aromatic N) is 1. The molecule has 0 radical (unpaired) electrons. The molecule has 0 saturated heterocycles. The van der Waals surface area contributed by atoms with Crippen LogP contribution in [-0.2, 0) is 0 Å². The average Bonchev–Trinajstić information content (AvgIpc) is 2.18. The van der Waals surface area contributed by atoms with Crippen LogP contribution in [-0.4, -0.2) is 26.6 Å². The molecule has 0 saturated carbocycles. The Bertz CT molecular complexity index is 296. The molecule has 0 aliphatic rings. The zero-order valence-electron chi connectivity index (χ0n) is 7.40. The molecule has 1 rings (SSSR count). The van der Waals surface area contributed by atoms with Crippen LogP contribution in [0.15, 0.2) is 22.9 Å². The SMILES string of the molecule is OC(CCBr)C(O)c1cccnc1Br. The second kappa shape index (κ2) is 5.80. The molecule has 2 N–H and O–H groups in total. The molecule has 1 aromatic heterocycles. The van der Waals surface area contributed by atoms with Gasteiger partial charge in [0.15, 0.2) is 0 Å². The van der Waals surface area contributed by atoms with E-state index >= 15 is 0 Å². The third-order valence-corrected chi connectivity index (χ3v) is 3.00. The van der Waals surface area contributed by atoms with E-state index < -0.39 is 12.2 Å². The van der Waals surface area contributed by atoms with Crippen molar-refractivity contribution in [2.24, 2.45) is 0 Å². The third kappa shape index (κ3) is 3.02. The van der Waals surface area contributed by atoms with E-state index in [0.717, 1.165) is 0 Å². The first-order valence-corrected chi connectivity index (χ1v) is 6.10. The highest BCUT2D eigenvalue weighted by atomic mass is 79.9. The number of aromatic nitrogens is 1. The lowest BCUT2D eigenvalue weighted by Gasteiger charge is -2.17. The van der Waals surface area contributed by atoms with Crippen LogP contribution in [0.2, 0.25) is 0 Å². The second-order valence-electron chi connectivity index (χ2n) is 2.87. The molecule has 0 aromatic carbocycles. The average molecular weight is 325 g/mol. The molecule has 1 aromatic rings. The quantitative estimate of drug-likeness (QED) is 0.658. The fraction of sp³-hybridized carbons (Fsp3) is 0.444. The number of hydrogen-bond donors (Lipinski definition) is 2. The minimum Gasteiger partial charge on any atom is -0.390 e. The summed E-state index contributed by atoms with van der Waals surface area (Å²) in [7, 11) is 0. The van der Waals surface area contributed by atoms with Gasteiger partial charge < -0.3 is 10.2 Å². The number of aliphatic hydroxyl groups excluding tert-OH is 2. The van der Waals surface area contributed by atoms with E-state index in [0.29, 0.717) is 21.9 Å². The van der Waals surface area contributed by atoms with E-state index in [1.54, 1.807) is 18.3 Å². The van der Waals surface area contributed by atoms with Gasteiger partial charge in [-0.15, -0.1) is 0 Å². The lowest BCUT2D eigenvalue weighted by Crippen LogP contribution is -2.19. The molecule has 0 fully saturated rings. The van der Waals surface area contributed by atoms with Gasteiger partial charge in [-0.05, 0) is 28.4 Å². The van der Waals surface area contributed by atoms with Crippen LogP contribution in [0.4, 0.5) is 0 Å². The molecule has 14 heavy (non-hydrogen) atoms. The molecular weight excluding hydrogens is 314 g/mol. The van der Waals surface area contributed by atoms with Gasteiger partial charge in [0.05, 0.1) is 6.10 Å². The van der Waals surface area contributed by atoms with Gasteiger partial charge >= 0.3 is 0 Å². The number of pyridine rings is 1. The van der Waals surface area contributed by atoms with E-state index in [4.69, 9.17) is 0 Å². The number of hydrogen-bond acceptors (Lipinski definition) is 3. The molecule has 0 spiro atoms. The van der Waals surface area contributed by atoms with Crippen molar-refractivity contribution < 1.29 is 10.2 Å². The molecule has 5 heteroatoms. The maximum Gasteiger partial charge on any atom is 0.111 e. The van der Waals surface area contributed by atoms with Crippen LogP contribution in [0, 0.1) is 0 Å². The van der Waals surface area contributed by atoms with Crippen molar-refractivity contribution in [1.29, 1.82) is 0 Å². The van der Waals surface area contributed by atoms with Crippen molar-refractivity contribution >= 4 is 31.9 Å². The molecule has 2 atom stereocenters. The summed E-state index contributed by atoms with van der Waals surface area (Å²) in [5.41, 5.74) is 0.612. The monoisotopic (exact) mass is 323 g/mol. The van der Waals surface area contributed by atoms with Gasteiger partial charge in [-0.1, -0.05) is 22.0 Å². The molecule has 1 heterocycles. The Balaban J connectivity index is 2.78. The van der Waals surface area contributed by atoms with Crippen LogP contribution in [0.1, 0.15) is 18.1 Å². The zero-order chi connectivity index (χ0) is 10.6. The van der Waals surface area contributed by atoms with Crippen LogP contribution in [0.25, 0.3) is 0 Å². The maximum absolute atomic E-state index is 9.76. The molecule has 2 unspecified atom stereocenters. The van der Waals surface area contributed by atoms with E-state index in [1.807, 2.05) is 0 Å². The predicted octanol–water partition coefficient (Wildman–Crippen LogP) is 2.02. The van der Waals surface area contributed by atoms with Crippen molar-refractivity contribution in [3.63, 3.8) is 0 Å². The van der Waals surface area contributed by atoms with Gasteiger partial charge in [-0.25, -0.2) is 4.98 Å². The van der Waals surface area contributed by atoms with Crippen molar-refractivity contribution in [1.82, 2.24) is 4.98 Å². The Hall–Kier alpha value is 0.0300. The normalized spacial score (nSPS) is 15.1. The fourth-order valence-corrected chi connectivity index (χ4v) is 2.05. The summed E-state index contributed by atoms with van der Waals surface area (Å²) in [4.78, 5) is 3.98. The first-order valence-electron chi connectivity index (χ1n) is 4.19. The Morgan fingerprint density at radius 2 is 2.14 bits per heavy atom. The predicted molar refractivity (Wildman–Crippen MR) is 61.3 cm³/mol. The minimum absolute atomic E-state index is 0.502. The topological polar surface area (TPSA) is 53.4 Å². The third-order valence-electron chi connectivity index (χ3n) is 1.88. The van der Waals surface area contributed by atoms with Gasteiger partial charge in [0.2, 0.25) is 0 Å². The first kappa shape index (κ1) is 12.1. The zero-order valence-corrected chi connectivity index (χ0v) is 10.6. The highest BCUT2D eigenvalue weighted by Gasteiger charge is 2.19. The van der Waals surface area contributed by atoms with Crippen LogP contribution in [0.3, 0.4) is 0 Å². The van der Waals surface area contributed by atoms with E-state index in [1.165, 1.54) is 0 Å². The summed E-state index contributed by atoms with van der Waals surface area (Å²) in [6, 6.07) is 3.46. The molecule has 78 valence electrons. The number of alkyl halides is 1. The molecular formula is C9H11Br2NO2. The number of rotatable bonds is 4. The molecule has 0 amide bonds. The van der Waals surface area contributed by atoms with Crippen LogP contribution in [0.5, 0.6) is 0 Å². The summed E-state index contributed by atoms with van der Waals surface area (Å²) in [5, 5.41) is 20.0. The highest BCUT2D eigenvalue weighted by Crippen LogP contribution is 2.24. The number of aliphatic hydroxyl groups is 2. The van der Waals surface area contributed by atoms with Gasteiger partial charge in [0.25, 0.3) is 0 Å². The smallest absolute Gasteiger partial charge is 0.111 e. The molecule has 3 nitrogen and oxygen atoms in total. The fourth-order valence-electron chi connectivity index (χ4n) is 1.10. The van der Waals surface area contributed by atoms with E-state index in [2.05, 4.69) is 36.8 Å². The standard InChI is InChI=1S/C9H11Br2NO2/c10-4-3-7(13)8(14)6-2-1-5-12-9(6)11/h1-2,5,7-8,13-14H,3-4H2. The lowest BCUT2D eigenvalue weighted by molar-refractivity contribution is 0.0167. The molecule has 0 aliphatic carbocycles. The van der Waals surface area contributed by atoms with Crippen molar-refractivity contribution in [2.45, 2.75) is 18.6 Å². The van der Waals surface area contributed by atoms with Gasteiger partial charge in [-0.2, -0.15) is 0 Å². The minimum atomic E-state index is -0.893. The molecule has 0 bridgehead atoms. The van der Waals surface area contributed by atoms with Crippen LogP contribution < -0.4 is 0 Å². The van der Waals surface area contributed by atoms with Crippen LogP contribution >= 0.6 is 31.9 Å². The Labute approximate surface area is 99.4 Å². The first-order chi connectivity index (χ1) is 6.66. The Morgan fingerprint density at radius 3 is 2.71 bits per heavy atom. The highest BCUT2D eigenvalue weighted by molar-refractivity contribution is 9.10. The van der Waals surface area contributed by atoms with Crippen molar-refractivity contribution in [3.8, 4) is 0 Å². The maximum atomic E-state index is 9.76. The Morgan fingerprint density at radius 1 is 1.43 bits per heavy atom. The van der Waals surface area contributed by atoms with Gasteiger partial charge in [-0.3, -0.25) is 0 Å².